The van der Waals surface area contributed by atoms with Gasteiger partial charge in [-0.25, -0.2) is 0 Å². The van der Waals surface area contributed by atoms with Crippen LogP contribution in [0.2, 0.25) is 0 Å². The van der Waals surface area contributed by atoms with Gasteiger partial charge in [-0.1, -0.05) is 0 Å². The zero-order chi connectivity index (χ0) is 0. The Morgan fingerprint density at radius 1 is 1.00 bits per heavy atom. The van der Waals surface area contributed by atoms with Crippen LogP contribution in [0, 0.1) is 0 Å². The van der Waals surface area contributed by atoms with Crippen LogP contribution in [0.5, 0.6) is 0 Å². The molecule has 0 heterocycles. The average Bonchev–Trinajstić information content (AvgIpc) is 0. The third-order valence-electron chi connectivity index (χ3n) is 0. The maximum atomic E-state index is 0. The van der Waals surface area contributed by atoms with E-state index in [1.165, 1.54) is 0 Å². The summed E-state index contributed by atoms with van der Waals surface area (Å²) in [6.07, 6.45) is 0. The molecule has 0 fully saturated rings. The van der Waals surface area contributed by atoms with Crippen molar-refractivity contribution < 1.29 is 0 Å². The molecule has 0 aromatic heterocycles. The molecule has 16 valence electrons. The van der Waals surface area contributed by atoms with E-state index in [0.29, 0.717) is 0 Å². The minimum atomic E-state index is 0. The van der Waals surface area contributed by atoms with Gasteiger partial charge in [-0.3, -0.25) is 0 Å². The molecule has 0 bridgehead atoms. The van der Waals surface area contributed by atoms with E-state index in [2.05, 4.69) is 0 Å². The minimum absolute atomic E-state index is 0. The van der Waals surface area contributed by atoms with Crippen LogP contribution in [0.1, 0.15) is 0 Å². The maximum absolute atomic E-state index is 0. The first-order valence-corrected chi connectivity index (χ1v) is 0. The molecule has 4 heavy (non-hydrogen) atoms. The van der Waals surface area contributed by atoms with Crippen molar-refractivity contribution in [3.05, 3.63) is 0 Å². The van der Waals surface area contributed by atoms with Crippen LogP contribution in [0.4, 0.5) is 0 Å². The van der Waals surface area contributed by atoms with Crippen LogP contribution in [0.25, 0.3) is 0 Å². The normalized spacial score (nSPS) is 0. The molecule has 0 nitrogen and oxygen atoms in total. The molecule has 0 rings (SSSR count). The summed E-state index contributed by atoms with van der Waals surface area (Å²) in [7, 11) is 0. The molecule has 0 N–H and O–H groups in total. The minimum Gasteiger partial charge on any atom is -3.00 e. The summed E-state index contributed by atoms with van der Waals surface area (Å²) < 4.78 is 0. The number of hydrogen-bond donors (Lipinski definition) is 0. The SMILES string of the molecule is [Al].[As-3].[Ga].[Sb+3]. The smallest absolute Gasteiger partial charge is 3.00 e. The molecule has 0 spiro atoms. The number of hydrogen-bond acceptors (Lipinski definition) is 0. The van der Waals surface area contributed by atoms with Crippen molar-refractivity contribution in [2.75, 3.05) is 0 Å². The van der Waals surface area contributed by atoms with Gasteiger partial charge in [-0.05, 0) is 0 Å². The Balaban J connectivity index is 0. The molecule has 0 saturated heterocycles. The average molecular weight is 293 g/mol. The van der Waals surface area contributed by atoms with E-state index in [4.69, 9.17) is 0 Å². The van der Waals surface area contributed by atoms with Gasteiger partial charge in [0.05, 0.1) is 0 Å². The second-order valence-electron chi connectivity index (χ2n) is 0. The van der Waals surface area contributed by atoms with Gasteiger partial charge in [0.25, 0.3) is 0 Å². The molecule has 0 aliphatic rings. The first-order valence-electron chi connectivity index (χ1n) is 0. The predicted molar refractivity (Wildman–Crippen MR) is 23.0 cm³/mol. The summed E-state index contributed by atoms with van der Waals surface area (Å²) in [4.78, 5) is 0. The molecule has 8 radical (unpaired) electrons. The van der Waals surface area contributed by atoms with Gasteiger partial charge in [0, 0.05) is 37.2 Å². The van der Waals surface area contributed by atoms with E-state index in [1.807, 2.05) is 0 Å². The molecule has 4 heteroatoms. The van der Waals surface area contributed by atoms with Crippen molar-refractivity contribution in [3.8, 4) is 0 Å². The fraction of sp³-hybridized carbons (Fsp3) is 0. The molecule has 0 aliphatic carbocycles. The van der Waals surface area contributed by atoms with Crippen LogP contribution >= 0.6 is 0 Å². The van der Waals surface area contributed by atoms with E-state index >= 15 is 0 Å². The van der Waals surface area contributed by atoms with Crippen LogP contribution < -0.4 is 0 Å². The Hall–Kier alpha value is 2.55. The van der Waals surface area contributed by atoms with Crippen molar-refractivity contribution in [1.82, 2.24) is 0 Å². The topological polar surface area (TPSA) is 0 Å². The molecule has 0 amide bonds. The second kappa shape index (κ2) is 17.7. The van der Waals surface area contributed by atoms with Gasteiger partial charge >= 0.3 is 24.4 Å². The van der Waals surface area contributed by atoms with E-state index < -0.39 is 0 Å². The van der Waals surface area contributed by atoms with Crippen LogP contribution in [-0.4, -0.2) is 79.5 Å². The van der Waals surface area contributed by atoms with Crippen molar-refractivity contribution >= 4 is 79.5 Å². The largest absolute Gasteiger partial charge is 3.00 e. The third-order valence-corrected chi connectivity index (χ3v) is 0. The molecular weight excluding hydrogens is 293 g/mol. The first-order chi connectivity index (χ1) is 0. The van der Waals surface area contributed by atoms with Crippen molar-refractivity contribution in [2.45, 2.75) is 0 Å². The third kappa shape index (κ3) is 8.82. The fourth-order valence-corrected chi connectivity index (χ4v) is 0. The van der Waals surface area contributed by atoms with Crippen molar-refractivity contribution in [2.24, 2.45) is 0 Å². The Kier molecular flexibility index (Phi) is 137. The Labute approximate surface area is 78.4 Å². The molecule has 0 aromatic rings. The Morgan fingerprint density at radius 3 is 1.00 bits per heavy atom. The number of rotatable bonds is 0. The van der Waals surface area contributed by atoms with Crippen molar-refractivity contribution in [3.63, 3.8) is 0 Å². The summed E-state index contributed by atoms with van der Waals surface area (Å²) in [5.41, 5.74) is 0. The van der Waals surface area contributed by atoms with Gasteiger partial charge in [-0.2, -0.15) is 0 Å². The van der Waals surface area contributed by atoms with Gasteiger partial charge < -0.3 is 18.0 Å². The van der Waals surface area contributed by atoms with Gasteiger partial charge in [-0.15, -0.1) is 0 Å². The molecule has 0 aromatic carbocycles. The van der Waals surface area contributed by atoms with Crippen LogP contribution in [0.3, 0.4) is 0 Å². The Bertz CT molecular complexity index is 8.00. The summed E-state index contributed by atoms with van der Waals surface area (Å²) in [5.74, 6) is 0. The Morgan fingerprint density at radius 2 is 1.00 bits per heavy atom. The predicted octanol–water partition coefficient (Wildman–Crippen LogP) is -1.52. The first kappa shape index (κ1) is 31.1. The molecule has 0 aliphatic heterocycles. The van der Waals surface area contributed by atoms with E-state index in [9.17, 15) is 0 Å². The summed E-state index contributed by atoms with van der Waals surface area (Å²) in [6, 6.07) is 0. The van der Waals surface area contributed by atoms with E-state index in [1.54, 1.807) is 0 Å². The summed E-state index contributed by atoms with van der Waals surface area (Å²) in [6.45, 7) is 0. The van der Waals surface area contributed by atoms with Crippen LogP contribution in [0.15, 0.2) is 0 Å². The molecule has 0 atom stereocenters. The quantitative estimate of drug-likeness (QED) is 0.476. The maximum Gasteiger partial charge on any atom is 3.00 e. The van der Waals surface area contributed by atoms with Crippen molar-refractivity contribution in [1.29, 1.82) is 0 Å². The zero-order valence-corrected chi connectivity index (χ0v) is 10.1. The monoisotopic (exact) mass is 292 g/mol. The fourth-order valence-electron chi connectivity index (χ4n) is 0. The van der Waals surface area contributed by atoms with Gasteiger partial charge in [0.2, 0.25) is 0 Å². The van der Waals surface area contributed by atoms with Crippen LogP contribution in [-0.2, 0) is 0 Å². The summed E-state index contributed by atoms with van der Waals surface area (Å²) in [5, 5.41) is 0. The van der Waals surface area contributed by atoms with E-state index in [-0.39, 0.29) is 79.5 Å². The molecule has 0 saturated carbocycles. The molecular formula is AlAsGaSb. The standard InChI is InChI=1S/Al.As.Ga.Sb/q;-3;;+3. The van der Waals surface area contributed by atoms with E-state index in [0.717, 1.165) is 0 Å². The summed E-state index contributed by atoms with van der Waals surface area (Å²) >= 11 is 0. The second-order valence-corrected chi connectivity index (χ2v) is 0. The van der Waals surface area contributed by atoms with Gasteiger partial charge in [0.1, 0.15) is 0 Å². The molecule has 0 unspecified atom stereocenters. The zero-order valence-electron chi connectivity index (χ0n) is 2.05. The van der Waals surface area contributed by atoms with Gasteiger partial charge in [0.15, 0.2) is 0 Å².